The van der Waals surface area contributed by atoms with E-state index in [1.165, 1.54) is 0 Å². The van der Waals surface area contributed by atoms with Crippen LogP contribution >= 0.6 is 23.2 Å². The van der Waals surface area contributed by atoms with Crippen molar-refractivity contribution in [1.82, 2.24) is 10.2 Å². The Morgan fingerprint density at radius 2 is 2.06 bits per heavy atom. The van der Waals surface area contributed by atoms with E-state index in [0.29, 0.717) is 28.9 Å². The summed E-state index contributed by atoms with van der Waals surface area (Å²) < 4.78 is 5.40. The average molecular weight is 289 g/mol. The Balaban J connectivity index is 1.90. The van der Waals surface area contributed by atoms with E-state index in [0.717, 1.165) is 13.1 Å². The maximum atomic E-state index is 11.9. The van der Waals surface area contributed by atoms with Crippen LogP contribution in [0.4, 0.5) is 0 Å². The van der Waals surface area contributed by atoms with Gasteiger partial charge in [-0.2, -0.15) is 0 Å². The van der Waals surface area contributed by atoms with Crippen molar-refractivity contribution >= 4 is 29.1 Å². The molecular weight excluding hydrogens is 275 g/mol. The molecule has 18 heavy (non-hydrogen) atoms. The second kappa shape index (κ2) is 6.27. The lowest BCUT2D eigenvalue weighted by Crippen LogP contribution is -2.47. The third kappa shape index (κ3) is 3.51. The summed E-state index contributed by atoms with van der Waals surface area (Å²) in [6.45, 7) is 3.06. The largest absolute Gasteiger partial charge is 0.482 e. The number of nitrogens with one attached hydrogen (secondary N) is 1. The number of hydrogen-bond acceptors (Lipinski definition) is 3. The van der Waals surface area contributed by atoms with Gasteiger partial charge in [0.2, 0.25) is 0 Å². The lowest BCUT2D eigenvalue weighted by atomic mass is 10.3. The van der Waals surface area contributed by atoms with Crippen LogP contribution in [-0.4, -0.2) is 43.6 Å². The molecule has 2 rings (SSSR count). The Bertz CT molecular complexity index is 434. The standard InChI is InChI=1S/C12H14Cl2N2O2/c13-9-1-2-10(14)11(7-9)18-8-12(17)16-5-3-15-4-6-16/h1-2,7,15H,3-6,8H2. The van der Waals surface area contributed by atoms with Gasteiger partial charge in [-0.3, -0.25) is 4.79 Å². The number of carbonyl (C=O) groups excluding carboxylic acids is 1. The number of halogens is 2. The zero-order valence-electron chi connectivity index (χ0n) is 9.79. The first-order chi connectivity index (χ1) is 8.66. The van der Waals surface area contributed by atoms with E-state index in [-0.39, 0.29) is 12.5 Å². The number of benzene rings is 1. The molecule has 1 aliphatic heterocycles. The van der Waals surface area contributed by atoms with Gasteiger partial charge >= 0.3 is 0 Å². The van der Waals surface area contributed by atoms with E-state index in [2.05, 4.69) is 5.32 Å². The predicted molar refractivity (Wildman–Crippen MR) is 71.4 cm³/mol. The van der Waals surface area contributed by atoms with Crippen molar-refractivity contribution in [1.29, 1.82) is 0 Å². The summed E-state index contributed by atoms with van der Waals surface area (Å²) in [5.74, 6) is 0.403. The topological polar surface area (TPSA) is 41.6 Å². The molecular formula is C12H14Cl2N2O2. The normalized spacial score (nSPS) is 15.6. The summed E-state index contributed by atoms with van der Waals surface area (Å²) in [7, 11) is 0. The zero-order valence-corrected chi connectivity index (χ0v) is 11.3. The molecule has 0 saturated carbocycles. The summed E-state index contributed by atoms with van der Waals surface area (Å²) >= 11 is 11.8. The molecule has 4 nitrogen and oxygen atoms in total. The highest BCUT2D eigenvalue weighted by atomic mass is 35.5. The van der Waals surface area contributed by atoms with Crippen LogP contribution in [0, 0.1) is 0 Å². The summed E-state index contributed by atoms with van der Waals surface area (Å²) in [4.78, 5) is 13.6. The molecule has 1 N–H and O–H groups in total. The minimum Gasteiger partial charge on any atom is -0.482 e. The molecule has 1 heterocycles. The van der Waals surface area contributed by atoms with Crippen molar-refractivity contribution in [2.24, 2.45) is 0 Å². The van der Waals surface area contributed by atoms with Gasteiger partial charge in [-0.25, -0.2) is 0 Å². The van der Waals surface area contributed by atoms with Crippen molar-refractivity contribution in [3.8, 4) is 5.75 Å². The van der Waals surface area contributed by atoms with Crippen LogP contribution in [0.5, 0.6) is 5.75 Å². The van der Waals surface area contributed by atoms with E-state index >= 15 is 0 Å². The van der Waals surface area contributed by atoms with Crippen LogP contribution in [0.3, 0.4) is 0 Å². The zero-order chi connectivity index (χ0) is 13.0. The van der Waals surface area contributed by atoms with Crippen molar-refractivity contribution in [3.05, 3.63) is 28.2 Å². The number of amides is 1. The monoisotopic (exact) mass is 288 g/mol. The van der Waals surface area contributed by atoms with Crippen LogP contribution < -0.4 is 10.1 Å². The van der Waals surface area contributed by atoms with E-state index < -0.39 is 0 Å². The van der Waals surface area contributed by atoms with Crippen molar-refractivity contribution in [3.63, 3.8) is 0 Å². The molecule has 0 radical (unpaired) electrons. The van der Waals surface area contributed by atoms with Gasteiger partial charge in [-0.1, -0.05) is 23.2 Å². The molecule has 0 bridgehead atoms. The first kappa shape index (κ1) is 13.5. The van der Waals surface area contributed by atoms with Gasteiger partial charge in [-0.15, -0.1) is 0 Å². The maximum absolute atomic E-state index is 11.9. The molecule has 1 saturated heterocycles. The highest BCUT2D eigenvalue weighted by Gasteiger charge is 2.16. The molecule has 1 aliphatic rings. The van der Waals surface area contributed by atoms with Gasteiger partial charge in [0.25, 0.3) is 5.91 Å². The van der Waals surface area contributed by atoms with Crippen LogP contribution in [0.15, 0.2) is 18.2 Å². The van der Waals surface area contributed by atoms with Crippen LogP contribution in [-0.2, 0) is 4.79 Å². The Morgan fingerprint density at radius 1 is 1.33 bits per heavy atom. The van der Waals surface area contributed by atoms with Crippen molar-refractivity contribution < 1.29 is 9.53 Å². The summed E-state index contributed by atoms with van der Waals surface area (Å²) in [5, 5.41) is 4.17. The van der Waals surface area contributed by atoms with E-state index in [4.69, 9.17) is 27.9 Å². The number of ether oxygens (including phenoxy) is 1. The first-order valence-electron chi connectivity index (χ1n) is 5.73. The maximum Gasteiger partial charge on any atom is 0.260 e. The van der Waals surface area contributed by atoms with Gasteiger partial charge in [0, 0.05) is 37.3 Å². The first-order valence-corrected chi connectivity index (χ1v) is 6.49. The van der Waals surface area contributed by atoms with Gasteiger partial charge in [-0.05, 0) is 12.1 Å². The highest BCUT2D eigenvalue weighted by Crippen LogP contribution is 2.27. The second-order valence-electron chi connectivity index (χ2n) is 3.99. The van der Waals surface area contributed by atoms with Gasteiger partial charge in [0.15, 0.2) is 6.61 Å². The molecule has 1 aromatic carbocycles. The Labute approximate surface area is 116 Å². The summed E-state index contributed by atoms with van der Waals surface area (Å²) in [6, 6.07) is 4.93. The van der Waals surface area contributed by atoms with E-state index in [1.54, 1.807) is 23.1 Å². The predicted octanol–water partition coefficient (Wildman–Crippen LogP) is 1.80. The fourth-order valence-electron chi connectivity index (χ4n) is 1.73. The molecule has 1 aromatic rings. The van der Waals surface area contributed by atoms with Crippen LogP contribution in [0.1, 0.15) is 0 Å². The van der Waals surface area contributed by atoms with Crippen LogP contribution in [0.2, 0.25) is 10.0 Å². The summed E-state index contributed by atoms with van der Waals surface area (Å²) in [6.07, 6.45) is 0. The summed E-state index contributed by atoms with van der Waals surface area (Å²) in [5.41, 5.74) is 0. The third-order valence-corrected chi connectivity index (χ3v) is 3.26. The van der Waals surface area contributed by atoms with Crippen molar-refractivity contribution in [2.75, 3.05) is 32.8 Å². The smallest absolute Gasteiger partial charge is 0.260 e. The number of rotatable bonds is 3. The fraction of sp³-hybridized carbons (Fsp3) is 0.417. The van der Waals surface area contributed by atoms with Gasteiger partial charge in [0.05, 0.1) is 5.02 Å². The van der Waals surface area contributed by atoms with Crippen LogP contribution in [0.25, 0.3) is 0 Å². The number of piperazine rings is 1. The lowest BCUT2D eigenvalue weighted by molar-refractivity contribution is -0.133. The Hall–Kier alpha value is -0.970. The molecule has 0 aliphatic carbocycles. The average Bonchev–Trinajstić information content (AvgIpc) is 2.40. The number of nitrogens with zero attached hydrogens (tertiary/aromatic N) is 1. The van der Waals surface area contributed by atoms with Gasteiger partial charge in [0.1, 0.15) is 5.75 Å². The van der Waals surface area contributed by atoms with Crippen molar-refractivity contribution in [2.45, 2.75) is 0 Å². The molecule has 98 valence electrons. The third-order valence-electron chi connectivity index (χ3n) is 2.71. The molecule has 0 unspecified atom stereocenters. The minimum atomic E-state index is -0.0347. The quantitative estimate of drug-likeness (QED) is 0.922. The highest BCUT2D eigenvalue weighted by molar-refractivity contribution is 6.34. The minimum absolute atomic E-state index is 0.0138. The molecule has 1 amide bonds. The SMILES string of the molecule is O=C(COc1cc(Cl)ccc1Cl)N1CCNCC1. The Morgan fingerprint density at radius 3 is 2.78 bits per heavy atom. The second-order valence-corrected chi connectivity index (χ2v) is 4.84. The molecule has 1 fully saturated rings. The number of carbonyl (C=O) groups is 1. The number of hydrogen-bond donors (Lipinski definition) is 1. The Kier molecular flexibility index (Phi) is 4.69. The molecule has 6 heteroatoms. The molecule has 0 spiro atoms. The lowest BCUT2D eigenvalue weighted by Gasteiger charge is -2.27. The van der Waals surface area contributed by atoms with Gasteiger partial charge < -0.3 is 15.0 Å². The molecule has 0 atom stereocenters. The molecule has 0 aromatic heterocycles. The van der Waals surface area contributed by atoms with E-state index in [1.807, 2.05) is 0 Å². The van der Waals surface area contributed by atoms with E-state index in [9.17, 15) is 4.79 Å². The fourth-order valence-corrected chi connectivity index (χ4v) is 2.07.